The van der Waals surface area contributed by atoms with E-state index in [4.69, 9.17) is 0 Å². The van der Waals surface area contributed by atoms with Gasteiger partial charge in [0, 0.05) is 69.2 Å². The minimum atomic E-state index is -3.95. The van der Waals surface area contributed by atoms with Crippen LogP contribution in [0.25, 0.3) is 27.7 Å². The number of nitrogens with zero attached hydrogens (tertiary/aromatic N) is 5. The molecular weight excluding hydrogens is 595 g/mol. The summed E-state index contributed by atoms with van der Waals surface area (Å²) < 4.78 is 29.4. The lowest BCUT2D eigenvalue weighted by Gasteiger charge is -2.32. The highest BCUT2D eigenvalue weighted by molar-refractivity contribution is 7.91. The van der Waals surface area contributed by atoms with Gasteiger partial charge in [0.1, 0.15) is 4.75 Å². The third-order valence-electron chi connectivity index (χ3n) is 9.34. The molecule has 6 rings (SSSR count). The van der Waals surface area contributed by atoms with Gasteiger partial charge in [-0.2, -0.15) is 0 Å². The van der Waals surface area contributed by atoms with Gasteiger partial charge in [-0.05, 0) is 105 Å². The molecule has 4 aromatic rings. The number of fused-ring (bicyclic) bond motifs is 2. The Morgan fingerprint density at radius 3 is 2.52 bits per heavy atom. The summed E-state index contributed by atoms with van der Waals surface area (Å²) in [6.07, 6.45) is 10.6. The van der Waals surface area contributed by atoms with E-state index in [-0.39, 0.29) is 5.91 Å². The van der Waals surface area contributed by atoms with Crippen LogP contribution in [-0.2, 0) is 23.0 Å². The maximum absolute atomic E-state index is 14.6. The number of allylic oxidation sites excluding steroid dienone is 3. The predicted octanol–water partition coefficient (Wildman–Crippen LogP) is 5.61. The van der Waals surface area contributed by atoms with Gasteiger partial charge in [0.25, 0.3) is 5.91 Å². The summed E-state index contributed by atoms with van der Waals surface area (Å²) in [7, 11) is 3.70. The predicted molar refractivity (Wildman–Crippen MR) is 186 cm³/mol. The highest BCUT2D eigenvalue weighted by Crippen LogP contribution is 2.39. The van der Waals surface area contributed by atoms with Crippen LogP contribution in [0.5, 0.6) is 0 Å². The van der Waals surface area contributed by atoms with E-state index in [2.05, 4.69) is 54.0 Å². The van der Waals surface area contributed by atoms with Crippen LogP contribution >= 0.6 is 0 Å². The third-order valence-corrected chi connectivity index (χ3v) is 11.6. The summed E-state index contributed by atoms with van der Waals surface area (Å²) >= 11 is 0. The van der Waals surface area contributed by atoms with Gasteiger partial charge in [-0.1, -0.05) is 36.4 Å². The Bertz CT molecular complexity index is 1970. The molecule has 0 spiro atoms. The molecule has 0 radical (unpaired) electrons. The van der Waals surface area contributed by atoms with Crippen LogP contribution in [0.4, 0.5) is 0 Å². The van der Waals surface area contributed by atoms with Crippen molar-refractivity contribution in [1.82, 2.24) is 23.7 Å². The number of carbonyl (C=O) groups is 1. The zero-order valence-electron chi connectivity index (χ0n) is 27.6. The van der Waals surface area contributed by atoms with Gasteiger partial charge in [-0.15, -0.1) is 0 Å². The summed E-state index contributed by atoms with van der Waals surface area (Å²) in [6.45, 7) is 7.97. The van der Waals surface area contributed by atoms with E-state index < -0.39 is 14.8 Å². The molecule has 1 aliphatic heterocycles. The molecule has 8 nitrogen and oxygen atoms in total. The molecule has 1 unspecified atom stereocenters. The molecule has 0 bridgehead atoms. The topological polar surface area (TPSA) is 78.8 Å². The van der Waals surface area contributed by atoms with Crippen molar-refractivity contribution in [1.29, 1.82) is 0 Å². The summed E-state index contributed by atoms with van der Waals surface area (Å²) in [4.78, 5) is 23.2. The number of likely N-dealkylation sites (N-methyl/N-ethyl adjacent to an activating group) is 1. The molecule has 0 N–H and O–H groups in total. The van der Waals surface area contributed by atoms with Gasteiger partial charge in [-0.3, -0.25) is 9.69 Å². The van der Waals surface area contributed by atoms with Crippen LogP contribution in [0, 0.1) is 6.92 Å². The molecule has 1 amide bonds. The van der Waals surface area contributed by atoms with E-state index in [0.717, 1.165) is 60.2 Å². The number of aromatic nitrogens is 2. The molecule has 0 fully saturated rings. The van der Waals surface area contributed by atoms with Crippen LogP contribution in [0.3, 0.4) is 0 Å². The molecule has 46 heavy (non-hydrogen) atoms. The van der Waals surface area contributed by atoms with E-state index in [1.165, 1.54) is 25.6 Å². The van der Waals surface area contributed by atoms with Crippen LogP contribution in [0.2, 0.25) is 0 Å². The fraction of sp³-hybridized carbons (Fsp3) is 0.351. The van der Waals surface area contributed by atoms with Crippen LogP contribution in [-0.4, -0.2) is 90.6 Å². The first-order valence-corrected chi connectivity index (χ1v) is 17.2. The molecule has 2 aromatic carbocycles. The fourth-order valence-corrected chi connectivity index (χ4v) is 8.26. The largest absolute Gasteiger partial charge is 0.345 e. The van der Waals surface area contributed by atoms with E-state index >= 15 is 0 Å². The number of hydrogen-bond donors (Lipinski definition) is 0. The minimum absolute atomic E-state index is 0.0881. The molecule has 0 saturated heterocycles. The lowest BCUT2D eigenvalue weighted by Crippen LogP contribution is -2.38. The highest BCUT2D eigenvalue weighted by Gasteiger charge is 2.41. The summed E-state index contributed by atoms with van der Waals surface area (Å²) in [5.74, 6) is -0.0881. The number of carbonyl (C=O) groups excluding carboxylic acids is 1. The highest BCUT2D eigenvalue weighted by atomic mass is 32.2. The number of hydrogen-bond acceptors (Lipinski definition) is 6. The maximum atomic E-state index is 14.6. The molecule has 3 heterocycles. The third kappa shape index (κ3) is 5.83. The van der Waals surface area contributed by atoms with Crippen molar-refractivity contribution in [3.05, 3.63) is 107 Å². The van der Waals surface area contributed by atoms with Crippen molar-refractivity contribution in [3.8, 4) is 11.1 Å². The fourth-order valence-electron chi connectivity index (χ4n) is 6.61. The van der Waals surface area contributed by atoms with Gasteiger partial charge in [0.05, 0.1) is 0 Å². The first kappa shape index (κ1) is 31.9. The van der Waals surface area contributed by atoms with Crippen LogP contribution in [0.1, 0.15) is 46.0 Å². The molecule has 240 valence electrons. The zero-order valence-corrected chi connectivity index (χ0v) is 28.4. The summed E-state index contributed by atoms with van der Waals surface area (Å²) in [6, 6.07) is 15.4. The van der Waals surface area contributed by atoms with Crippen LogP contribution < -0.4 is 0 Å². The van der Waals surface area contributed by atoms with E-state index in [1.807, 2.05) is 36.4 Å². The molecule has 1 atom stereocenters. The van der Waals surface area contributed by atoms with Gasteiger partial charge in [0.2, 0.25) is 10.0 Å². The second kappa shape index (κ2) is 12.3. The average molecular weight is 638 g/mol. The Morgan fingerprint density at radius 2 is 1.80 bits per heavy atom. The van der Waals surface area contributed by atoms with Gasteiger partial charge in [-0.25, -0.2) is 17.4 Å². The van der Waals surface area contributed by atoms with Gasteiger partial charge < -0.3 is 9.80 Å². The average Bonchev–Trinajstić information content (AvgIpc) is 3.44. The summed E-state index contributed by atoms with van der Waals surface area (Å²) in [5.41, 5.74) is 8.49. The molecule has 2 aliphatic rings. The van der Waals surface area contributed by atoms with Gasteiger partial charge >= 0.3 is 0 Å². The first-order valence-electron chi connectivity index (χ1n) is 15.8. The number of rotatable bonds is 8. The van der Waals surface area contributed by atoms with Crippen molar-refractivity contribution in [3.63, 3.8) is 0 Å². The molecule has 0 saturated carbocycles. The number of aryl methyl sites for hydroxylation is 1. The van der Waals surface area contributed by atoms with E-state index in [1.54, 1.807) is 45.5 Å². The molecule has 2 aromatic heterocycles. The summed E-state index contributed by atoms with van der Waals surface area (Å²) in [5, 5.41) is 0.737. The Kier molecular flexibility index (Phi) is 8.52. The number of pyridine rings is 1. The quantitative estimate of drug-likeness (QED) is 0.250. The standard InChI is InChI=1S/C37H43N5O3S/c1-26-21-30(22-31-24-41(18-15-32(26)31)20-19-39(3)4)29-9-7-16-37(2,23-29)46(44,45)42-25-34(33-10-8-17-38-35(33)42)27-11-13-28(14-12-27)36(43)40(5)6/h7-14,17,21-23,25H,15-16,18-20,24H2,1-6H3. The maximum Gasteiger partial charge on any atom is 0.253 e. The Morgan fingerprint density at radius 1 is 1.04 bits per heavy atom. The normalized spacial score (nSPS) is 18.5. The molecule has 9 heteroatoms. The monoisotopic (exact) mass is 637 g/mol. The Labute approximate surface area is 272 Å². The van der Waals surface area contributed by atoms with Crippen molar-refractivity contribution in [2.24, 2.45) is 0 Å². The Balaban J connectivity index is 1.36. The Hall–Kier alpha value is -4.05. The number of benzene rings is 2. The second-order valence-corrected chi connectivity index (χ2v) is 15.6. The van der Waals surface area contributed by atoms with Crippen LogP contribution in [0.15, 0.2) is 79.2 Å². The molecule has 1 aliphatic carbocycles. The van der Waals surface area contributed by atoms with E-state index in [0.29, 0.717) is 17.6 Å². The van der Waals surface area contributed by atoms with Crippen molar-refractivity contribution in [2.75, 3.05) is 47.8 Å². The SMILES string of the molecule is Cc1cc(C2=CC(C)(S(=O)(=O)n3cc(-c4ccc(C(=O)N(C)C)cc4)c4cccnc43)CC=C2)cc2c1CCN(CCN(C)C)C2. The zero-order chi connectivity index (χ0) is 32.8. The number of amides is 1. The van der Waals surface area contributed by atoms with Crippen molar-refractivity contribution in [2.45, 2.75) is 38.0 Å². The van der Waals surface area contributed by atoms with Crippen molar-refractivity contribution >= 4 is 32.5 Å². The van der Waals surface area contributed by atoms with Crippen molar-refractivity contribution < 1.29 is 13.2 Å². The first-order chi connectivity index (χ1) is 21.9. The smallest absolute Gasteiger partial charge is 0.253 e. The lowest BCUT2D eigenvalue weighted by atomic mass is 9.87. The van der Waals surface area contributed by atoms with E-state index in [9.17, 15) is 13.2 Å². The lowest BCUT2D eigenvalue weighted by molar-refractivity contribution is 0.0827. The van der Waals surface area contributed by atoms with Gasteiger partial charge in [0.15, 0.2) is 5.65 Å². The second-order valence-electron chi connectivity index (χ2n) is 13.3. The molecular formula is C37H43N5O3S. The minimum Gasteiger partial charge on any atom is -0.345 e.